The highest BCUT2D eigenvalue weighted by molar-refractivity contribution is 6.03. The van der Waals surface area contributed by atoms with Crippen LogP contribution in [0, 0.1) is 11.8 Å². The topological polar surface area (TPSA) is 63.0 Å². The van der Waals surface area contributed by atoms with Gasteiger partial charge in [-0.25, -0.2) is 0 Å². The van der Waals surface area contributed by atoms with Crippen molar-refractivity contribution in [2.45, 2.75) is 38.0 Å². The molecule has 3 aliphatic rings. The van der Waals surface area contributed by atoms with Crippen molar-refractivity contribution in [1.82, 2.24) is 4.90 Å². The second-order valence-corrected chi connectivity index (χ2v) is 8.84. The van der Waals surface area contributed by atoms with Gasteiger partial charge in [0.15, 0.2) is 0 Å². The molecule has 6 heteroatoms. The van der Waals surface area contributed by atoms with Gasteiger partial charge < -0.3 is 19.0 Å². The maximum atomic E-state index is 13.5. The molecule has 6 nitrogen and oxygen atoms in total. The number of rotatable bonds is 5. The normalized spacial score (nSPS) is 29.1. The molecule has 3 aliphatic heterocycles. The Morgan fingerprint density at radius 3 is 2.70 bits per heavy atom. The fourth-order valence-electron chi connectivity index (χ4n) is 5.01. The number of nitrogens with zero attached hydrogens (tertiary/aromatic N) is 2. The molecule has 1 spiro atoms. The Morgan fingerprint density at radius 1 is 1.27 bits per heavy atom. The predicted molar refractivity (Wildman–Crippen MR) is 112 cm³/mol. The van der Waals surface area contributed by atoms with Gasteiger partial charge in [-0.15, -0.1) is 0 Å². The van der Waals surface area contributed by atoms with Crippen LogP contribution in [0.4, 0.5) is 5.69 Å². The third-order valence-electron chi connectivity index (χ3n) is 6.61. The van der Waals surface area contributed by atoms with E-state index in [-0.39, 0.29) is 17.9 Å². The van der Waals surface area contributed by atoms with Crippen molar-refractivity contribution in [3.63, 3.8) is 0 Å². The summed E-state index contributed by atoms with van der Waals surface area (Å²) >= 11 is 0. The molecular weight excluding hydrogens is 380 g/mol. The number of hydrogen-bond donors (Lipinski definition) is 0. The van der Waals surface area contributed by atoms with Crippen molar-refractivity contribution in [2.75, 3.05) is 18.5 Å². The van der Waals surface area contributed by atoms with Crippen LogP contribution in [-0.4, -0.2) is 42.0 Å². The highest BCUT2D eigenvalue weighted by Gasteiger charge is 2.67. The van der Waals surface area contributed by atoms with Gasteiger partial charge in [-0.2, -0.15) is 0 Å². The highest BCUT2D eigenvalue weighted by Crippen LogP contribution is 2.53. The molecule has 2 saturated heterocycles. The summed E-state index contributed by atoms with van der Waals surface area (Å²) in [7, 11) is 1.75. The number of ether oxygens (including phenoxy) is 1. The zero-order chi connectivity index (χ0) is 21.0. The standard InChI is InChI=1S/C24H26N2O4/c1-15(2)16-6-8-17(9-7-16)26-14-24-11-10-19(30-24)20(21(24)23(26)28)22(27)25(3)13-18-5-4-12-29-18/h4-12,15,19-21H,13-14H2,1-3H3/t19-,20?,21?,24-/m1/s1. The van der Waals surface area contributed by atoms with Crippen LogP contribution in [0.15, 0.2) is 59.2 Å². The van der Waals surface area contributed by atoms with Crippen LogP contribution in [0.1, 0.15) is 31.1 Å². The molecule has 2 unspecified atom stereocenters. The molecule has 2 bridgehead atoms. The second kappa shape index (κ2) is 6.84. The molecular formula is C24H26N2O4. The van der Waals surface area contributed by atoms with Gasteiger partial charge in [0.25, 0.3) is 0 Å². The van der Waals surface area contributed by atoms with Crippen molar-refractivity contribution < 1.29 is 18.7 Å². The summed E-state index contributed by atoms with van der Waals surface area (Å²) in [5.41, 5.74) is 1.36. The molecule has 0 N–H and O–H groups in total. The summed E-state index contributed by atoms with van der Waals surface area (Å²) in [5, 5.41) is 0. The van der Waals surface area contributed by atoms with Gasteiger partial charge in [0.2, 0.25) is 11.8 Å². The van der Waals surface area contributed by atoms with E-state index in [9.17, 15) is 9.59 Å². The van der Waals surface area contributed by atoms with E-state index in [2.05, 4.69) is 26.0 Å². The first kappa shape index (κ1) is 19.1. The largest absolute Gasteiger partial charge is 0.467 e. The van der Waals surface area contributed by atoms with Crippen molar-refractivity contribution in [3.05, 3.63) is 66.1 Å². The lowest BCUT2D eigenvalue weighted by Crippen LogP contribution is -2.44. The number of fused-ring (bicyclic) bond motifs is 1. The Morgan fingerprint density at radius 2 is 2.03 bits per heavy atom. The van der Waals surface area contributed by atoms with Crippen molar-refractivity contribution >= 4 is 17.5 Å². The first-order chi connectivity index (χ1) is 14.4. The Labute approximate surface area is 176 Å². The van der Waals surface area contributed by atoms with E-state index >= 15 is 0 Å². The molecule has 4 heterocycles. The monoisotopic (exact) mass is 406 g/mol. The summed E-state index contributed by atoms with van der Waals surface area (Å²) in [6.07, 6.45) is 5.17. The maximum Gasteiger partial charge on any atom is 0.234 e. The number of benzene rings is 1. The first-order valence-electron chi connectivity index (χ1n) is 10.5. The van der Waals surface area contributed by atoms with Gasteiger partial charge in [0, 0.05) is 12.7 Å². The third-order valence-corrected chi connectivity index (χ3v) is 6.61. The van der Waals surface area contributed by atoms with E-state index in [0.717, 1.165) is 5.69 Å². The molecule has 0 radical (unpaired) electrons. The number of amides is 2. The van der Waals surface area contributed by atoms with E-state index in [1.807, 2.05) is 30.4 Å². The number of carbonyl (C=O) groups is 2. The second-order valence-electron chi connectivity index (χ2n) is 8.84. The number of anilines is 1. The minimum atomic E-state index is -0.718. The molecule has 1 aromatic heterocycles. The fraction of sp³-hybridized carbons (Fsp3) is 0.417. The lowest BCUT2D eigenvalue weighted by atomic mass is 9.76. The molecule has 4 atom stereocenters. The van der Waals surface area contributed by atoms with Crippen LogP contribution in [0.5, 0.6) is 0 Å². The smallest absolute Gasteiger partial charge is 0.234 e. The molecule has 0 aliphatic carbocycles. The molecule has 2 aromatic rings. The molecule has 156 valence electrons. The third kappa shape index (κ3) is 2.82. The van der Waals surface area contributed by atoms with Gasteiger partial charge in [0.05, 0.1) is 37.3 Å². The zero-order valence-electron chi connectivity index (χ0n) is 17.4. The number of furan rings is 1. The van der Waals surface area contributed by atoms with E-state index in [0.29, 0.717) is 24.8 Å². The first-order valence-corrected chi connectivity index (χ1v) is 10.5. The van der Waals surface area contributed by atoms with Gasteiger partial charge in [-0.05, 0) is 35.7 Å². The van der Waals surface area contributed by atoms with Crippen LogP contribution in [-0.2, 0) is 20.9 Å². The van der Waals surface area contributed by atoms with E-state index in [4.69, 9.17) is 9.15 Å². The van der Waals surface area contributed by atoms with Crippen LogP contribution in [0.3, 0.4) is 0 Å². The minimum Gasteiger partial charge on any atom is -0.467 e. The van der Waals surface area contributed by atoms with Crippen LogP contribution in [0.2, 0.25) is 0 Å². The molecule has 2 fully saturated rings. The van der Waals surface area contributed by atoms with Crippen molar-refractivity contribution in [2.24, 2.45) is 11.8 Å². The Hall–Kier alpha value is -2.86. The maximum absolute atomic E-state index is 13.5. The average Bonchev–Trinajstić information content (AvgIpc) is 3.50. The zero-order valence-corrected chi connectivity index (χ0v) is 17.4. The van der Waals surface area contributed by atoms with Gasteiger partial charge in [-0.3, -0.25) is 9.59 Å². The quantitative estimate of drug-likeness (QED) is 0.715. The Bertz CT molecular complexity index is 995. The molecule has 30 heavy (non-hydrogen) atoms. The molecule has 1 aromatic carbocycles. The minimum absolute atomic E-state index is 0.0381. The van der Waals surface area contributed by atoms with Gasteiger partial charge >= 0.3 is 0 Å². The highest BCUT2D eigenvalue weighted by atomic mass is 16.5. The lowest BCUT2D eigenvalue weighted by molar-refractivity contribution is -0.139. The van der Waals surface area contributed by atoms with Crippen LogP contribution < -0.4 is 4.90 Å². The number of carbonyl (C=O) groups excluding carboxylic acids is 2. The number of hydrogen-bond acceptors (Lipinski definition) is 4. The van der Waals surface area contributed by atoms with Crippen molar-refractivity contribution in [3.8, 4) is 0 Å². The van der Waals surface area contributed by atoms with Gasteiger partial charge in [0.1, 0.15) is 11.4 Å². The summed E-state index contributed by atoms with van der Waals surface area (Å²) in [6, 6.07) is 11.7. The summed E-state index contributed by atoms with van der Waals surface area (Å²) in [6.45, 7) is 5.10. The summed E-state index contributed by atoms with van der Waals surface area (Å²) in [5.74, 6) is 0.0118. The Kier molecular flexibility index (Phi) is 4.36. The average molecular weight is 406 g/mol. The van der Waals surface area contributed by atoms with E-state index < -0.39 is 17.4 Å². The molecule has 0 saturated carbocycles. The van der Waals surface area contributed by atoms with E-state index in [1.54, 1.807) is 29.2 Å². The summed E-state index contributed by atoms with van der Waals surface area (Å²) in [4.78, 5) is 30.2. The molecule has 5 rings (SSSR count). The SMILES string of the molecule is CC(C)c1ccc(N2C[C@@]34C=C[C@@H](O3)C(C(=O)N(C)Cc3ccco3)C4C2=O)cc1. The van der Waals surface area contributed by atoms with E-state index in [1.165, 1.54) is 5.56 Å². The molecule has 2 amide bonds. The van der Waals surface area contributed by atoms with Crippen molar-refractivity contribution in [1.29, 1.82) is 0 Å². The predicted octanol–water partition coefficient (Wildman–Crippen LogP) is 3.35. The summed E-state index contributed by atoms with van der Waals surface area (Å²) < 4.78 is 11.6. The van der Waals surface area contributed by atoms with Crippen LogP contribution in [0.25, 0.3) is 0 Å². The van der Waals surface area contributed by atoms with Gasteiger partial charge in [-0.1, -0.05) is 38.1 Å². The lowest BCUT2D eigenvalue weighted by Gasteiger charge is -2.27. The van der Waals surface area contributed by atoms with Crippen LogP contribution >= 0.6 is 0 Å². The fourth-order valence-corrected chi connectivity index (χ4v) is 5.01. The Balaban J connectivity index is 1.40.